The van der Waals surface area contributed by atoms with E-state index in [1.807, 2.05) is 0 Å². The van der Waals surface area contributed by atoms with E-state index in [2.05, 4.69) is 0 Å². The van der Waals surface area contributed by atoms with E-state index in [1.165, 1.54) is 13.8 Å². The minimum absolute atomic E-state index is 0.151. The Balaban J connectivity index is 3.72. The molecule has 0 radical (unpaired) electrons. The average Bonchev–Trinajstić information content (AvgIpc) is 2.27. The van der Waals surface area contributed by atoms with Gasteiger partial charge in [0, 0.05) is 5.56 Å². The van der Waals surface area contributed by atoms with Gasteiger partial charge in [-0.1, -0.05) is 13.0 Å². The van der Waals surface area contributed by atoms with Crippen LogP contribution in [0.15, 0.2) is 17.0 Å². The van der Waals surface area contributed by atoms with Crippen molar-refractivity contribution in [3.8, 4) is 0 Å². The zero-order valence-corrected chi connectivity index (χ0v) is 10.6. The molecular formula is C11H12F2O4S. The van der Waals surface area contributed by atoms with Crippen molar-refractivity contribution in [2.24, 2.45) is 0 Å². The van der Waals surface area contributed by atoms with Gasteiger partial charge in [-0.3, -0.25) is 0 Å². The quantitative estimate of drug-likeness (QED) is 0.918. The number of hydrogen-bond acceptors (Lipinski definition) is 3. The highest BCUT2D eigenvalue weighted by molar-refractivity contribution is 7.91. The molecule has 1 N–H and O–H groups in total. The van der Waals surface area contributed by atoms with Gasteiger partial charge in [0.2, 0.25) is 0 Å². The molecule has 18 heavy (non-hydrogen) atoms. The zero-order chi connectivity index (χ0) is 14.1. The molecule has 4 nitrogen and oxygen atoms in total. The Morgan fingerprint density at radius 1 is 1.39 bits per heavy atom. The highest BCUT2D eigenvalue weighted by Crippen LogP contribution is 2.31. The van der Waals surface area contributed by atoms with Crippen LogP contribution in [0, 0.1) is 6.92 Å². The molecule has 0 atom stereocenters. The van der Waals surface area contributed by atoms with Crippen LogP contribution in [0.25, 0.3) is 0 Å². The predicted molar refractivity (Wildman–Crippen MR) is 60.8 cm³/mol. The van der Waals surface area contributed by atoms with Crippen LogP contribution < -0.4 is 0 Å². The molecule has 0 amide bonds. The molecule has 0 aliphatic rings. The van der Waals surface area contributed by atoms with Crippen LogP contribution in [0.4, 0.5) is 8.78 Å². The fourth-order valence-electron chi connectivity index (χ4n) is 1.67. The molecule has 0 aliphatic carbocycles. The summed E-state index contributed by atoms with van der Waals surface area (Å²) in [7, 11) is -3.90. The van der Waals surface area contributed by atoms with Crippen LogP contribution in [0.1, 0.15) is 34.8 Å². The zero-order valence-electron chi connectivity index (χ0n) is 9.78. The van der Waals surface area contributed by atoms with Crippen molar-refractivity contribution >= 4 is 15.8 Å². The second kappa shape index (κ2) is 5.01. The monoisotopic (exact) mass is 278 g/mol. The maximum Gasteiger partial charge on any atom is 0.335 e. The summed E-state index contributed by atoms with van der Waals surface area (Å²) in [4.78, 5) is 10.3. The normalized spacial score (nSPS) is 11.8. The summed E-state index contributed by atoms with van der Waals surface area (Å²) in [5.74, 6) is -1.71. The summed E-state index contributed by atoms with van der Waals surface area (Å²) in [6.45, 7) is 2.54. The van der Waals surface area contributed by atoms with E-state index in [0.29, 0.717) is 0 Å². The Morgan fingerprint density at radius 3 is 2.33 bits per heavy atom. The molecule has 7 heteroatoms. The lowest BCUT2D eigenvalue weighted by atomic mass is 10.1. The van der Waals surface area contributed by atoms with E-state index in [1.54, 1.807) is 0 Å². The van der Waals surface area contributed by atoms with Gasteiger partial charge in [-0.05, 0) is 18.6 Å². The SMILES string of the molecule is CCS(=O)(=O)c1c(C(F)F)ccc(C(=O)O)c1C. The summed E-state index contributed by atoms with van der Waals surface area (Å²) >= 11 is 0. The van der Waals surface area contributed by atoms with Crippen LogP contribution in [0.5, 0.6) is 0 Å². The first kappa shape index (κ1) is 14.6. The van der Waals surface area contributed by atoms with E-state index >= 15 is 0 Å². The van der Waals surface area contributed by atoms with Gasteiger partial charge in [0.25, 0.3) is 6.43 Å². The molecule has 0 aromatic heterocycles. The van der Waals surface area contributed by atoms with Crippen LogP contribution in [0.3, 0.4) is 0 Å². The third-order valence-corrected chi connectivity index (χ3v) is 4.52. The summed E-state index contributed by atoms with van der Waals surface area (Å²) in [6.07, 6.45) is -2.97. The molecular weight excluding hydrogens is 266 g/mol. The summed E-state index contributed by atoms with van der Waals surface area (Å²) in [5, 5.41) is 8.88. The van der Waals surface area contributed by atoms with Crippen molar-refractivity contribution in [2.75, 3.05) is 5.75 Å². The van der Waals surface area contributed by atoms with Gasteiger partial charge in [0.15, 0.2) is 9.84 Å². The van der Waals surface area contributed by atoms with Crippen molar-refractivity contribution in [1.82, 2.24) is 0 Å². The number of hydrogen-bond donors (Lipinski definition) is 1. The Bertz CT molecular complexity index is 579. The van der Waals surface area contributed by atoms with Crippen molar-refractivity contribution in [2.45, 2.75) is 25.2 Å². The summed E-state index contributed by atoms with van der Waals surface area (Å²) < 4.78 is 49.2. The molecule has 1 aromatic carbocycles. The Kier molecular flexibility index (Phi) is 4.05. The second-order valence-corrected chi connectivity index (χ2v) is 5.88. The molecule has 0 unspecified atom stereocenters. The molecule has 0 heterocycles. The van der Waals surface area contributed by atoms with Gasteiger partial charge < -0.3 is 5.11 Å². The van der Waals surface area contributed by atoms with Gasteiger partial charge >= 0.3 is 5.97 Å². The number of alkyl halides is 2. The predicted octanol–water partition coefficient (Wildman–Crippen LogP) is 2.42. The molecule has 0 bridgehead atoms. The second-order valence-electron chi connectivity index (χ2n) is 3.67. The van der Waals surface area contributed by atoms with E-state index in [-0.39, 0.29) is 16.9 Å². The van der Waals surface area contributed by atoms with Crippen molar-refractivity contribution in [1.29, 1.82) is 0 Å². The number of carboxylic acids is 1. The molecule has 1 rings (SSSR count). The van der Waals surface area contributed by atoms with Gasteiger partial charge in [-0.15, -0.1) is 0 Å². The third kappa shape index (κ3) is 2.50. The minimum Gasteiger partial charge on any atom is -0.478 e. The van der Waals surface area contributed by atoms with Crippen LogP contribution >= 0.6 is 0 Å². The number of carbonyl (C=O) groups is 1. The largest absolute Gasteiger partial charge is 0.478 e. The first-order valence-electron chi connectivity index (χ1n) is 5.10. The third-order valence-electron chi connectivity index (χ3n) is 2.59. The van der Waals surface area contributed by atoms with E-state index < -0.39 is 32.7 Å². The highest BCUT2D eigenvalue weighted by atomic mass is 32.2. The minimum atomic E-state index is -3.90. The van der Waals surface area contributed by atoms with E-state index in [9.17, 15) is 22.0 Å². The average molecular weight is 278 g/mol. The molecule has 0 saturated carbocycles. The first-order chi connectivity index (χ1) is 8.22. The van der Waals surface area contributed by atoms with Crippen LogP contribution in [-0.2, 0) is 9.84 Å². The lowest BCUT2D eigenvalue weighted by Gasteiger charge is -2.13. The maximum atomic E-state index is 12.8. The maximum absolute atomic E-state index is 12.8. The molecule has 0 fully saturated rings. The molecule has 0 aliphatic heterocycles. The van der Waals surface area contributed by atoms with E-state index in [0.717, 1.165) is 12.1 Å². The van der Waals surface area contributed by atoms with Gasteiger partial charge in [0.05, 0.1) is 16.2 Å². The summed E-state index contributed by atoms with van der Waals surface area (Å²) in [6, 6.07) is 1.84. The van der Waals surface area contributed by atoms with Crippen LogP contribution in [-0.4, -0.2) is 25.2 Å². The van der Waals surface area contributed by atoms with Crippen LogP contribution in [0.2, 0.25) is 0 Å². The number of sulfone groups is 1. The Morgan fingerprint density at radius 2 is 1.94 bits per heavy atom. The van der Waals surface area contributed by atoms with E-state index in [4.69, 9.17) is 5.11 Å². The number of rotatable bonds is 4. The molecule has 1 aromatic rings. The standard InChI is InChI=1S/C11H12F2O4S/c1-3-18(16,17)9-6(2)7(11(14)15)4-5-8(9)10(12)13/h4-5,10H,3H2,1-2H3,(H,14,15). The Hall–Kier alpha value is -1.50. The molecule has 0 saturated heterocycles. The fourth-order valence-corrected chi connectivity index (χ4v) is 3.05. The molecule has 0 spiro atoms. The lowest BCUT2D eigenvalue weighted by molar-refractivity contribution is 0.0695. The van der Waals surface area contributed by atoms with Gasteiger partial charge in [-0.2, -0.15) is 0 Å². The van der Waals surface area contributed by atoms with Crippen molar-refractivity contribution in [3.05, 3.63) is 28.8 Å². The van der Waals surface area contributed by atoms with Crippen molar-refractivity contribution in [3.63, 3.8) is 0 Å². The number of halogens is 2. The smallest absolute Gasteiger partial charge is 0.335 e. The fraction of sp³-hybridized carbons (Fsp3) is 0.364. The first-order valence-corrected chi connectivity index (χ1v) is 6.75. The van der Waals surface area contributed by atoms with Gasteiger partial charge in [0.1, 0.15) is 0 Å². The van der Waals surface area contributed by atoms with Crippen molar-refractivity contribution < 1.29 is 27.1 Å². The lowest BCUT2D eigenvalue weighted by Crippen LogP contribution is -2.13. The topological polar surface area (TPSA) is 71.4 Å². The number of benzene rings is 1. The Labute approximate surface area is 103 Å². The highest BCUT2D eigenvalue weighted by Gasteiger charge is 2.27. The number of carboxylic acid groups (broad SMARTS) is 1. The molecule has 100 valence electrons. The number of aromatic carboxylic acids is 1. The summed E-state index contributed by atoms with van der Waals surface area (Å²) in [5.41, 5.74) is -1.09. The van der Waals surface area contributed by atoms with Gasteiger partial charge in [-0.25, -0.2) is 22.0 Å².